The van der Waals surface area contributed by atoms with Crippen molar-refractivity contribution in [2.24, 2.45) is 0 Å². The van der Waals surface area contributed by atoms with E-state index >= 15 is 0 Å². The van der Waals surface area contributed by atoms with Crippen LogP contribution in [0.25, 0.3) is 6.08 Å². The Hall–Kier alpha value is -4.11. The van der Waals surface area contributed by atoms with Crippen LogP contribution >= 0.6 is 0 Å². The topological polar surface area (TPSA) is 75.7 Å². The molecule has 0 radical (unpaired) electrons. The van der Waals surface area contributed by atoms with E-state index < -0.39 is 17.8 Å². The molecule has 4 amide bonds. The minimum atomic E-state index is -0.776. The van der Waals surface area contributed by atoms with Crippen molar-refractivity contribution in [3.8, 4) is 18.1 Å². The molecule has 0 aromatic heterocycles. The Balaban J connectivity index is 1.96. The molecule has 2 aromatic rings. The first-order chi connectivity index (χ1) is 15.0. The molecule has 1 saturated heterocycles. The van der Waals surface area contributed by atoms with Crippen molar-refractivity contribution in [2.75, 3.05) is 11.5 Å². The van der Waals surface area contributed by atoms with E-state index in [4.69, 9.17) is 11.2 Å². The molecule has 0 atom stereocenters. The number of amides is 4. The SMILES string of the molecule is C#CCOc1ccc(/C=C2/C(=O)NC(=O)N(c3ccc(CC)cc3)C2=O)cc1CC=C. The smallest absolute Gasteiger partial charge is 0.335 e. The fourth-order valence-electron chi connectivity index (χ4n) is 3.20. The van der Waals surface area contributed by atoms with Gasteiger partial charge < -0.3 is 4.74 Å². The first-order valence-electron chi connectivity index (χ1n) is 9.79. The molecule has 0 aliphatic carbocycles. The van der Waals surface area contributed by atoms with Gasteiger partial charge >= 0.3 is 6.03 Å². The second-order valence-corrected chi connectivity index (χ2v) is 6.83. The van der Waals surface area contributed by atoms with Crippen molar-refractivity contribution >= 4 is 29.6 Å². The highest BCUT2D eigenvalue weighted by Crippen LogP contribution is 2.25. The molecule has 31 heavy (non-hydrogen) atoms. The number of aryl methyl sites for hydroxylation is 1. The Labute approximate surface area is 181 Å². The van der Waals surface area contributed by atoms with Gasteiger partial charge in [0.2, 0.25) is 0 Å². The number of nitrogens with one attached hydrogen (secondary N) is 1. The number of imide groups is 2. The quantitative estimate of drug-likeness (QED) is 0.325. The van der Waals surface area contributed by atoms with E-state index in [1.165, 1.54) is 6.08 Å². The van der Waals surface area contributed by atoms with Crippen molar-refractivity contribution < 1.29 is 19.1 Å². The molecule has 0 spiro atoms. The summed E-state index contributed by atoms with van der Waals surface area (Å²) in [5, 5.41) is 2.23. The lowest BCUT2D eigenvalue weighted by molar-refractivity contribution is -0.122. The Morgan fingerprint density at radius 3 is 2.55 bits per heavy atom. The lowest BCUT2D eigenvalue weighted by Crippen LogP contribution is -2.54. The van der Waals surface area contributed by atoms with Crippen LogP contribution in [0.1, 0.15) is 23.6 Å². The number of anilines is 1. The summed E-state index contributed by atoms with van der Waals surface area (Å²) >= 11 is 0. The number of allylic oxidation sites excluding steroid dienone is 1. The lowest BCUT2D eigenvalue weighted by atomic mass is 10.0. The molecule has 1 aliphatic rings. The third kappa shape index (κ3) is 4.73. The molecule has 3 rings (SSSR count). The summed E-state index contributed by atoms with van der Waals surface area (Å²) in [4.78, 5) is 38.8. The summed E-state index contributed by atoms with van der Waals surface area (Å²) in [5.41, 5.74) is 2.75. The molecule has 0 bridgehead atoms. The van der Waals surface area contributed by atoms with Crippen molar-refractivity contribution in [1.82, 2.24) is 5.32 Å². The van der Waals surface area contributed by atoms with Gasteiger partial charge in [-0.15, -0.1) is 13.0 Å². The molecular formula is C25H22N2O4. The lowest BCUT2D eigenvalue weighted by Gasteiger charge is -2.26. The monoisotopic (exact) mass is 414 g/mol. The third-order valence-electron chi connectivity index (χ3n) is 4.78. The van der Waals surface area contributed by atoms with Crippen LogP contribution in [0.2, 0.25) is 0 Å². The standard InChI is InChI=1S/C25H22N2O4/c1-4-7-19-15-18(10-13-22(19)31-14-5-2)16-21-23(28)26-25(30)27(24(21)29)20-11-8-17(6-3)9-12-20/h2,4,8-13,15-16H,1,6-7,14H2,3H3,(H,26,28,30)/b21-16-. The number of barbiturate groups is 1. The van der Waals surface area contributed by atoms with Crippen molar-refractivity contribution in [3.05, 3.63) is 77.4 Å². The average molecular weight is 414 g/mol. The summed E-state index contributed by atoms with van der Waals surface area (Å²) in [6.07, 6.45) is 9.77. The first-order valence-corrected chi connectivity index (χ1v) is 9.79. The number of carbonyl (C=O) groups excluding carboxylic acids is 3. The van der Waals surface area contributed by atoms with Gasteiger partial charge in [-0.05, 0) is 59.9 Å². The van der Waals surface area contributed by atoms with E-state index in [-0.39, 0.29) is 12.2 Å². The highest BCUT2D eigenvalue weighted by Gasteiger charge is 2.36. The molecule has 1 N–H and O–H groups in total. The fraction of sp³-hybridized carbons (Fsp3) is 0.160. The summed E-state index contributed by atoms with van der Waals surface area (Å²) in [6, 6.07) is 11.5. The van der Waals surface area contributed by atoms with Gasteiger partial charge in [-0.1, -0.05) is 37.1 Å². The Morgan fingerprint density at radius 2 is 1.90 bits per heavy atom. The number of ether oxygens (including phenoxy) is 1. The van der Waals surface area contributed by atoms with Crippen LogP contribution in [0.3, 0.4) is 0 Å². The summed E-state index contributed by atoms with van der Waals surface area (Å²) in [6.45, 7) is 5.87. The molecule has 6 nitrogen and oxygen atoms in total. The maximum atomic E-state index is 13.0. The van der Waals surface area contributed by atoms with E-state index in [2.05, 4.69) is 17.8 Å². The third-order valence-corrected chi connectivity index (χ3v) is 4.78. The van der Waals surface area contributed by atoms with Crippen LogP contribution in [0.4, 0.5) is 10.5 Å². The zero-order valence-electron chi connectivity index (χ0n) is 17.2. The van der Waals surface area contributed by atoms with E-state index in [1.54, 1.807) is 36.4 Å². The molecule has 6 heteroatoms. The minimum Gasteiger partial charge on any atom is -0.481 e. The Morgan fingerprint density at radius 1 is 1.16 bits per heavy atom. The maximum absolute atomic E-state index is 13.0. The van der Waals surface area contributed by atoms with Crippen LogP contribution in [-0.4, -0.2) is 24.5 Å². The molecule has 156 valence electrons. The maximum Gasteiger partial charge on any atom is 0.335 e. The summed E-state index contributed by atoms with van der Waals surface area (Å²) in [7, 11) is 0. The highest BCUT2D eigenvalue weighted by atomic mass is 16.5. The van der Waals surface area contributed by atoms with Crippen molar-refractivity contribution in [2.45, 2.75) is 19.8 Å². The largest absolute Gasteiger partial charge is 0.481 e. The van der Waals surface area contributed by atoms with Crippen molar-refractivity contribution in [1.29, 1.82) is 0 Å². The normalized spacial score (nSPS) is 14.9. The molecular weight excluding hydrogens is 392 g/mol. The Bertz CT molecular complexity index is 1110. The molecule has 0 saturated carbocycles. The van der Waals surface area contributed by atoms with E-state index in [0.717, 1.165) is 22.4 Å². The highest BCUT2D eigenvalue weighted by molar-refractivity contribution is 6.39. The Kier molecular flexibility index (Phi) is 6.68. The van der Waals surface area contributed by atoms with Gasteiger partial charge in [0.15, 0.2) is 0 Å². The van der Waals surface area contributed by atoms with Gasteiger partial charge in [0.25, 0.3) is 11.8 Å². The molecule has 1 fully saturated rings. The number of benzene rings is 2. The number of terminal acetylenes is 1. The number of hydrogen-bond donors (Lipinski definition) is 1. The number of hydrogen-bond acceptors (Lipinski definition) is 4. The number of nitrogens with zero attached hydrogens (tertiary/aromatic N) is 1. The van der Waals surface area contributed by atoms with Crippen LogP contribution in [0, 0.1) is 12.3 Å². The van der Waals surface area contributed by atoms with E-state index in [9.17, 15) is 14.4 Å². The van der Waals surface area contributed by atoms with Crippen LogP contribution < -0.4 is 15.0 Å². The van der Waals surface area contributed by atoms with Gasteiger partial charge in [0.05, 0.1) is 5.69 Å². The molecule has 1 aliphatic heterocycles. The van der Waals surface area contributed by atoms with Crippen LogP contribution in [-0.2, 0) is 22.4 Å². The predicted molar refractivity (Wildman–Crippen MR) is 119 cm³/mol. The zero-order valence-corrected chi connectivity index (χ0v) is 17.2. The van der Waals surface area contributed by atoms with Crippen molar-refractivity contribution in [3.63, 3.8) is 0 Å². The van der Waals surface area contributed by atoms with Crippen LogP contribution in [0.5, 0.6) is 5.75 Å². The fourth-order valence-corrected chi connectivity index (χ4v) is 3.20. The predicted octanol–water partition coefficient (Wildman–Crippen LogP) is 3.66. The average Bonchev–Trinajstić information content (AvgIpc) is 2.76. The second-order valence-electron chi connectivity index (χ2n) is 6.83. The number of urea groups is 1. The summed E-state index contributed by atoms with van der Waals surface area (Å²) < 4.78 is 5.53. The zero-order chi connectivity index (χ0) is 22.4. The van der Waals surface area contributed by atoms with E-state index in [0.29, 0.717) is 23.4 Å². The molecule has 1 heterocycles. The number of rotatable bonds is 7. The molecule has 0 unspecified atom stereocenters. The van der Waals surface area contributed by atoms with Gasteiger partial charge in [-0.2, -0.15) is 0 Å². The van der Waals surface area contributed by atoms with E-state index in [1.807, 2.05) is 19.1 Å². The number of carbonyl (C=O) groups is 3. The summed E-state index contributed by atoms with van der Waals surface area (Å²) in [5.74, 6) is 1.59. The van der Waals surface area contributed by atoms with Gasteiger partial charge in [0, 0.05) is 0 Å². The minimum absolute atomic E-state index is 0.124. The van der Waals surface area contributed by atoms with Crippen LogP contribution in [0.15, 0.2) is 60.7 Å². The van der Waals surface area contributed by atoms with Gasteiger partial charge in [-0.25, -0.2) is 9.69 Å². The molecule has 2 aromatic carbocycles. The van der Waals surface area contributed by atoms with Gasteiger partial charge in [-0.3, -0.25) is 14.9 Å². The first kappa shape index (κ1) is 21.6. The second kappa shape index (κ2) is 9.59. The van der Waals surface area contributed by atoms with Gasteiger partial charge in [0.1, 0.15) is 17.9 Å².